The van der Waals surface area contributed by atoms with E-state index >= 15 is 0 Å². The summed E-state index contributed by atoms with van der Waals surface area (Å²) in [4.78, 5) is 13.9. The van der Waals surface area contributed by atoms with Gasteiger partial charge in [0.1, 0.15) is 5.54 Å². The van der Waals surface area contributed by atoms with Crippen molar-refractivity contribution < 1.29 is 14.6 Å². The summed E-state index contributed by atoms with van der Waals surface area (Å²) >= 11 is 0. The van der Waals surface area contributed by atoms with Crippen molar-refractivity contribution in [2.75, 3.05) is 40.4 Å². The van der Waals surface area contributed by atoms with Gasteiger partial charge in [-0.05, 0) is 45.3 Å². The van der Waals surface area contributed by atoms with Crippen LogP contribution in [0.1, 0.15) is 32.6 Å². The molecule has 0 amide bonds. The molecule has 2 unspecified atom stereocenters. The molecule has 2 N–H and O–H groups in total. The molecule has 19 heavy (non-hydrogen) atoms. The Labute approximate surface area is 116 Å². The maximum atomic E-state index is 11.6. The Hall–Kier alpha value is -0.650. The van der Waals surface area contributed by atoms with Crippen LogP contribution in [0, 0.1) is 5.92 Å². The molecule has 0 aliphatic heterocycles. The van der Waals surface area contributed by atoms with Crippen molar-refractivity contribution in [3.63, 3.8) is 0 Å². The molecule has 1 saturated carbocycles. The molecule has 0 saturated heterocycles. The highest BCUT2D eigenvalue weighted by molar-refractivity contribution is 5.79. The van der Waals surface area contributed by atoms with E-state index in [4.69, 9.17) is 4.74 Å². The van der Waals surface area contributed by atoms with E-state index in [0.717, 1.165) is 51.9 Å². The van der Waals surface area contributed by atoms with Crippen molar-refractivity contribution in [1.82, 2.24) is 10.2 Å². The SMILES string of the molecule is CCN(CCOC)CCC1CCCC1(NC)C(=O)O. The molecular formula is C14H28N2O3. The Morgan fingerprint density at radius 2 is 2.26 bits per heavy atom. The fourth-order valence-electron chi connectivity index (χ4n) is 3.17. The quantitative estimate of drug-likeness (QED) is 0.660. The third kappa shape index (κ3) is 3.91. The van der Waals surface area contributed by atoms with E-state index in [1.807, 2.05) is 0 Å². The summed E-state index contributed by atoms with van der Waals surface area (Å²) in [6.07, 6.45) is 3.69. The highest BCUT2D eigenvalue weighted by Crippen LogP contribution is 2.38. The van der Waals surface area contributed by atoms with Gasteiger partial charge in [0.05, 0.1) is 6.61 Å². The van der Waals surface area contributed by atoms with Gasteiger partial charge in [0, 0.05) is 13.7 Å². The Morgan fingerprint density at radius 1 is 1.53 bits per heavy atom. The highest BCUT2D eigenvalue weighted by atomic mass is 16.5. The second kappa shape index (κ2) is 7.82. The lowest BCUT2D eigenvalue weighted by molar-refractivity contribution is -0.146. The minimum atomic E-state index is -0.708. The number of likely N-dealkylation sites (N-methyl/N-ethyl adjacent to an activating group) is 2. The van der Waals surface area contributed by atoms with E-state index in [9.17, 15) is 9.90 Å². The first-order chi connectivity index (χ1) is 9.10. The third-order valence-corrected chi connectivity index (χ3v) is 4.50. The summed E-state index contributed by atoms with van der Waals surface area (Å²) in [6, 6.07) is 0. The molecule has 0 spiro atoms. The van der Waals surface area contributed by atoms with Crippen molar-refractivity contribution in [1.29, 1.82) is 0 Å². The summed E-state index contributed by atoms with van der Waals surface area (Å²) in [5, 5.41) is 12.6. The first-order valence-corrected chi connectivity index (χ1v) is 7.24. The number of carboxylic acids is 1. The van der Waals surface area contributed by atoms with Crippen molar-refractivity contribution in [3.8, 4) is 0 Å². The second-order valence-corrected chi connectivity index (χ2v) is 5.33. The van der Waals surface area contributed by atoms with E-state index in [-0.39, 0.29) is 5.92 Å². The Morgan fingerprint density at radius 3 is 2.79 bits per heavy atom. The van der Waals surface area contributed by atoms with Crippen LogP contribution in [0.3, 0.4) is 0 Å². The van der Waals surface area contributed by atoms with E-state index in [2.05, 4.69) is 17.1 Å². The molecule has 1 aliphatic rings. The number of nitrogens with zero attached hydrogens (tertiary/aromatic N) is 1. The maximum Gasteiger partial charge on any atom is 0.324 e. The van der Waals surface area contributed by atoms with Crippen LogP contribution in [0.2, 0.25) is 0 Å². The van der Waals surface area contributed by atoms with Gasteiger partial charge in [-0.25, -0.2) is 0 Å². The zero-order chi connectivity index (χ0) is 14.3. The lowest BCUT2D eigenvalue weighted by atomic mass is 9.84. The van der Waals surface area contributed by atoms with Gasteiger partial charge in [-0.3, -0.25) is 4.79 Å². The highest BCUT2D eigenvalue weighted by Gasteiger charge is 2.47. The molecule has 2 atom stereocenters. The summed E-state index contributed by atoms with van der Waals surface area (Å²) in [6.45, 7) is 5.71. The molecule has 5 nitrogen and oxygen atoms in total. The maximum absolute atomic E-state index is 11.6. The smallest absolute Gasteiger partial charge is 0.324 e. The van der Waals surface area contributed by atoms with Gasteiger partial charge in [-0.2, -0.15) is 0 Å². The van der Waals surface area contributed by atoms with Crippen LogP contribution in [0.25, 0.3) is 0 Å². The number of ether oxygens (including phenoxy) is 1. The second-order valence-electron chi connectivity index (χ2n) is 5.33. The molecule has 0 aromatic carbocycles. The molecule has 0 bridgehead atoms. The van der Waals surface area contributed by atoms with Crippen molar-refractivity contribution in [2.45, 2.75) is 38.1 Å². The molecule has 0 aromatic rings. The van der Waals surface area contributed by atoms with Crippen LogP contribution in [0.5, 0.6) is 0 Å². The summed E-state index contributed by atoms with van der Waals surface area (Å²) in [5.41, 5.74) is -0.708. The largest absolute Gasteiger partial charge is 0.480 e. The van der Waals surface area contributed by atoms with Crippen molar-refractivity contribution >= 4 is 5.97 Å². The van der Waals surface area contributed by atoms with E-state index in [1.165, 1.54) is 0 Å². The van der Waals surface area contributed by atoms with Crippen molar-refractivity contribution in [2.24, 2.45) is 5.92 Å². The van der Waals surface area contributed by atoms with Crippen molar-refractivity contribution in [3.05, 3.63) is 0 Å². The number of methoxy groups -OCH3 is 1. The van der Waals surface area contributed by atoms with Crippen LogP contribution in [0.15, 0.2) is 0 Å². The number of hydrogen-bond acceptors (Lipinski definition) is 4. The van der Waals surface area contributed by atoms with Crippen LogP contribution in [0.4, 0.5) is 0 Å². The number of nitrogens with one attached hydrogen (secondary N) is 1. The van der Waals surface area contributed by atoms with Crippen LogP contribution < -0.4 is 5.32 Å². The molecule has 1 fully saturated rings. The minimum Gasteiger partial charge on any atom is -0.480 e. The average molecular weight is 272 g/mol. The molecule has 0 heterocycles. The molecule has 1 aliphatic carbocycles. The van der Waals surface area contributed by atoms with E-state index in [0.29, 0.717) is 0 Å². The molecular weight excluding hydrogens is 244 g/mol. The first kappa shape index (κ1) is 16.4. The number of aliphatic carboxylic acids is 1. The average Bonchev–Trinajstić information content (AvgIpc) is 2.83. The summed E-state index contributed by atoms with van der Waals surface area (Å²) in [7, 11) is 3.48. The number of carboxylic acid groups (broad SMARTS) is 1. The van der Waals surface area contributed by atoms with Gasteiger partial charge in [0.2, 0.25) is 0 Å². The molecule has 5 heteroatoms. The summed E-state index contributed by atoms with van der Waals surface area (Å²) < 4.78 is 5.10. The fourth-order valence-corrected chi connectivity index (χ4v) is 3.17. The minimum absolute atomic E-state index is 0.228. The molecule has 0 radical (unpaired) electrons. The van der Waals surface area contributed by atoms with Crippen LogP contribution >= 0.6 is 0 Å². The predicted molar refractivity (Wildman–Crippen MR) is 75.4 cm³/mol. The standard InChI is InChI=1S/C14H28N2O3/c1-4-16(10-11-19-3)9-7-12-6-5-8-14(12,15-2)13(17)18/h12,15H,4-11H2,1-3H3,(H,17,18). The molecule has 1 rings (SSSR count). The lowest BCUT2D eigenvalue weighted by Crippen LogP contribution is -2.53. The zero-order valence-electron chi connectivity index (χ0n) is 12.4. The van der Waals surface area contributed by atoms with Gasteiger partial charge >= 0.3 is 5.97 Å². The zero-order valence-corrected chi connectivity index (χ0v) is 12.4. The van der Waals surface area contributed by atoms with Crippen LogP contribution in [-0.2, 0) is 9.53 Å². The van der Waals surface area contributed by atoms with Gasteiger partial charge in [0.25, 0.3) is 0 Å². The predicted octanol–water partition coefficient (Wildman–Crippen LogP) is 1.19. The van der Waals surface area contributed by atoms with Gasteiger partial charge in [-0.15, -0.1) is 0 Å². The lowest BCUT2D eigenvalue weighted by Gasteiger charge is -2.32. The number of rotatable bonds is 9. The molecule has 0 aromatic heterocycles. The van der Waals surface area contributed by atoms with Gasteiger partial charge in [-0.1, -0.05) is 13.3 Å². The monoisotopic (exact) mass is 272 g/mol. The Kier molecular flexibility index (Phi) is 6.75. The van der Waals surface area contributed by atoms with E-state index < -0.39 is 11.5 Å². The van der Waals surface area contributed by atoms with E-state index in [1.54, 1.807) is 14.2 Å². The topological polar surface area (TPSA) is 61.8 Å². The number of carbonyl (C=O) groups is 1. The Balaban J connectivity index is 2.52. The first-order valence-electron chi connectivity index (χ1n) is 7.24. The molecule has 112 valence electrons. The fraction of sp³-hybridized carbons (Fsp3) is 0.929. The Bertz CT molecular complexity index is 286. The number of hydrogen-bond donors (Lipinski definition) is 2. The third-order valence-electron chi connectivity index (χ3n) is 4.50. The summed E-state index contributed by atoms with van der Waals surface area (Å²) in [5.74, 6) is -0.468. The van der Waals surface area contributed by atoms with Gasteiger partial charge in [0.15, 0.2) is 0 Å². The van der Waals surface area contributed by atoms with Gasteiger partial charge < -0.3 is 20.1 Å². The normalized spacial score (nSPS) is 27.1. The van der Waals surface area contributed by atoms with Crippen LogP contribution in [-0.4, -0.2) is 61.9 Å².